The highest BCUT2D eigenvalue weighted by Gasteiger charge is 2.21. The van der Waals surface area contributed by atoms with Crippen molar-refractivity contribution in [1.29, 1.82) is 0 Å². The summed E-state index contributed by atoms with van der Waals surface area (Å²) in [7, 11) is 1.96. The van der Waals surface area contributed by atoms with Crippen molar-refractivity contribution < 1.29 is 19.1 Å². The minimum atomic E-state index is -1.21. The third kappa shape index (κ3) is 3.45. The number of likely N-dealkylation sites (N-methyl/N-ethyl adjacent to an activating group) is 1. The fourth-order valence-electron chi connectivity index (χ4n) is 2.15. The van der Waals surface area contributed by atoms with Crippen LogP contribution in [-0.2, 0) is 0 Å². The van der Waals surface area contributed by atoms with Crippen LogP contribution in [0.5, 0.6) is 0 Å². The smallest absolute Gasteiger partial charge is 0.335 e. The summed E-state index contributed by atoms with van der Waals surface area (Å²) in [6.45, 7) is 1.67. The maximum Gasteiger partial charge on any atom is 0.335 e. The predicted molar refractivity (Wildman–Crippen MR) is 71.4 cm³/mol. The Morgan fingerprint density at radius 3 is 2.75 bits per heavy atom. The lowest BCUT2D eigenvalue weighted by Gasteiger charge is -2.14. The van der Waals surface area contributed by atoms with E-state index < -0.39 is 17.8 Å². The molecule has 2 rings (SSSR count). The average molecular weight is 281 g/mol. The first-order valence-corrected chi connectivity index (χ1v) is 6.24. The Morgan fingerprint density at radius 1 is 1.45 bits per heavy atom. The Labute approximate surface area is 115 Å². The van der Waals surface area contributed by atoms with E-state index in [1.54, 1.807) is 0 Å². The Bertz CT molecular complexity index is 536. The number of benzene rings is 1. The quantitative estimate of drug-likeness (QED) is 0.781. The molecule has 1 saturated heterocycles. The number of hydrogen-bond acceptors (Lipinski definition) is 3. The number of anilines is 1. The fourth-order valence-corrected chi connectivity index (χ4v) is 2.15. The van der Waals surface area contributed by atoms with Crippen LogP contribution in [0.3, 0.4) is 0 Å². The number of nitrogens with one attached hydrogen (secondary N) is 2. The molecule has 108 valence electrons. The molecule has 1 aliphatic heterocycles. The maximum atomic E-state index is 13.6. The van der Waals surface area contributed by atoms with Gasteiger partial charge in [-0.05, 0) is 38.2 Å². The van der Waals surface area contributed by atoms with Crippen molar-refractivity contribution >= 4 is 17.7 Å². The highest BCUT2D eigenvalue weighted by Crippen LogP contribution is 2.16. The molecule has 1 heterocycles. The van der Waals surface area contributed by atoms with Crippen molar-refractivity contribution in [2.75, 3.05) is 25.5 Å². The molecule has 1 aromatic rings. The lowest BCUT2D eigenvalue weighted by Crippen LogP contribution is -2.39. The molecule has 6 nitrogen and oxygen atoms in total. The third-order valence-corrected chi connectivity index (χ3v) is 3.19. The number of carbonyl (C=O) groups excluding carboxylic acids is 1. The summed E-state index contributed by atoms with van der Waals surface area (Å²) in [4.78, 5) is 24.5. The zero-order chi connectivity index (χ0) is 14.7. The molecule has 1 fully saturated rings. The van der Waals surface area contributed by atoms with E-state index in [1.807, 2.05) is 7.05 Å². The second-order valence-corrected chi connectivity index (χ2v) is 4.85. The summed E-state index contributed by atoms with van der Waals surface area (Å²) in [6.07, 6.45) is 0.852. The van der Waals surface area contributed by atoms with Crippen molar-refractivity contribution in [2.24, 2.45) is 0 Å². The number of carboxylic acid groups (broad SMARTS) is 1. The number of urea groups is 1. The summed E-state index contributed by atoms with van der Waals surface area (Å²) < 4.78 is 13.6. The molecule has 0 radical (unpaired) electrons. The molecule has 0 saturated carbocycles. The molecular formula is C13H16FN3O3. The minimum Gasteiger partial charge on any atom is -0.478 e. The van der Waals surface area contributed by atoms with Crippen LogP contribution in [-0.4, -0.2) is 48.2 Å². The number of carboxylic acids is 1. The van der Waals surface area contributed by atoms with Crippen molar-refractivity contribution in [1.82, 2.24) is 10.2 Å². The summed E-state index contributed by atoms with van der Waals surface area (Å²) in [5.74, 6) is -1.99. The zero-order valence-corrected chi connectivity index (χ0v) is 11.0. The molecule has 2 amide bonds. The summed E-state index contributed by atoms with van der Waals surface area (Å²) in [6, 6.07) is 2.90. The number of carbonyl (C=O) groups is 2. The van der Waals surface area contributed by atoms with Crippen LogP contribution < -0.4 is 10.6 Å². The van der Waals surface area contributed by atoms with Gasteiger partial charge in [0.2, 0.25) is 0 Å². The van der Waals surface area contributed by atoms with Crippen LogP contribution in [0, 0.1) is 5.82 Å². The van der Waals surface area contributed by atoms with Crippen LogP contribution in [0.4, 0.5) is 14.9 Å². The van der Waals surface area contributed by atoms with E-state index in [1.165, 1.54) is 12.1 Å². The van der Waals surface area contributed by atoms with Crippen molar-refractivity contribution in [3.8, 4) is 0 Å². The van der Waals surface area contributed by atoms with Crippen molar-refractivity contribution in [3.63, 3.8) is 0 Å². The van der Waals surface area contributed by atoms with Crippen LogP contribution in [0.1, 0.15) is 16.8 Å². The number of aromatic carboxylic acids is 1. The normalized spacial score (nSPS) is 18.8. The van der Waals surface area contributed by atoms with E-state index in [-0.39, 0.29) is 17.3 Å². The Hall–Kier alpha value is -2.15. The number of halogens is 1. The molecule has 1 atom stereocenters. The van der Waals surface area contributed by atoms with Gasteiger partial charge in [-0.3, -0.25) is 0 Å². The van der Waals surface area contributed by atoms with E-state index >= 15 is 0 Å². The van der Waals surface area contributed by atoms with Crippen LogP contribution in [0.25, 0.3) is 0 Å². The van der Waals surface area contributed by atoms with Crippen molar-refractivity contribution in [2.45, 2.75) is 12.5 Å². The lowest BCUT2D eigenvalue weighted by atomic mass is 10.2. The Kier molecular flexibility index (Phi) is 4.19. The monoisotopic (exact) mass is 281 g/mol. The highest BCUT2D eigenvalue weighted by atomic mass is 19.1. The van der Waals surface area contributed by atoms with E-state index in [0.29, 0.717) is 0 Å². The molecule has 0 spiro atoms. The fraction of sp³-hybridized carbons (Fsp3) is 0.385. The van der Waals surface area contributed by atoms with Gasteiger partial charge in [-0.2, -0.15) is 0 Å². The number of rotatable bonds is 3. The maximum absolute atomic E-state index is 13.6. The van der Waals surface area contributed by atoms with Crippen LogP contribution >= 0.6 is 0 Å². The van der Waals surface area contributed by atoms with Crippen LogP contribution in [0.15, 0.2) is 18.2 Å². The third-order valence-electron chi connectivity index (χ3n) is 3.19. The topological polar surface area (TPSA) is 81.7 Å². The molecule has 1 aliphatic rings. The second kappa shape index (κ2) is 5.87. The number of amides is 2. The Morgan fingerprint density at radius 2 is 2.20 bits per heavy atom. The molecular weight excluding hydrogens is 265 g/mol. The van der Waals surface area contributed by atoms with Gasteiger partial charge in [-0.1, -0.05) is 0 Å². The minimum absolute atomic E-state index is 0.0427. The second-order valence-electron chi connectivity index (χ2n) is 4.85. The van der Waals surface area contributed by atoms with E-state index in [4.69, 9.17) is 5.11 Å². The van der Waals surface area contributed by atoms with Gasteiger partial charge < -0.3 is 20.6 Å². The number of nitrogens with zero attached hydrogens (tertiary/aromatic N) is 1. The molecule has 0 aliphatic carbocycles. The first-order chi connectivity index (χ1) is 9.45. The number of hydrogen-bond donors (Lipinski definition) is 3. The standard InChI is InChI=1S/C13H16FN3O3/c1-17-5-4-9(7-17)15-13(20)16-11-3-2-8(12(18)19)6-10(11)14/h2-3,6,9H,4-5,7H2,1H3,(H,18,19)(H2,15,16,20). The van der Waals surface area contributed by atoms with Gasteiger partial charge in [0.25, 0.3) is 0 Å². The molecule has 0 aromatic heterocycles. The lowest BCUT2D eigenvalue weighted by molar-refractivity contribution is 0.0696. The predicted octanol–water partition coefficient (Wildman–Crippen LogP) is 1.35. The Balaban J connectivity index is 1.95. The first kappa shape index (κ1) is 14.3. The summed E-state index contributed by atoms with van der Waals surface area (Å²) in [5, 5.41) is 13.9. The van der Waals surface area contributed by atoms with E-state index in [9.17, 15) is 14.0 Å². The van der Waals surface area contributed by atoms with Crippen molar-refractivity contribution in [3.05, 3.63) is 29.6 Å². The van der Waals surface area contributed by atoms with Gasteiger partial charge in [0.05, 0.1) is 11.3 Å². The van der Waals surface area contributed by atoms with Gasteiger partial charge in [0.1, 0.15) is 5.82 Å². The molecule has 7 heteroatoms. The first-order valence-electron chi connectivity index (χ1n) is 6.24. The summed E-state index contributed by atoms with van der Waals surface area (Å²) in [5.41, 5.74) is -0.204. The van der Waals surface area contributed by atoms with Gasteiger partial charge in [0.15, 0.2) is 0 Å². The SMILES string of the molecule is CN1CCC(NC(=O)Nc2ccc(C(=O)O)cc2F)C1. The van der Waals surface area contributed by atoms with Crippen LogP contribution in [0.2, 0.25) is 0 Å². The van der Waals surface area contributed by atoms with Gasteiger partial charge in [-0.25, -0.2) is 14.0 Å². The molecule has 3 N–H and O–H groups in total. The van der Waals surface area contributed by atoms with E-state index in [0.717, 1.165) is 25.6 Å². The largest absolute Gasteiger partial charge is 0.478 e. The average Bonchev–Trinajstić information content (AvgIpc) is 2.77. The highest BCUT2D eigenvalue weighted by molar-refractivity contribution is 5.91. The zero-order valence-electron chi connectivity index (χ0n) is 11.0. The van der Waals surface area contributed by atoms with Gasteiger partial charge >= 0.3 is 12.0 Å². The summed E-state index contributed by atoms with van der Waals surface area (Å²) >= 11 is 0. The number of likely N-dealkylation sites (tertiary alicyclic amines) is 1. The van der Waals surface area contributed by atoms with Gasteiger partial charge in [-0.15, -0.1) is 0 Å². The van der Waals surface area contributed by atoms with Gasteiger partial charge in [0, 0.05) is 12.6 Å². The molecule has 0 bridgehead atoms. The molecule has 20 heavy (non-hydrogen) atoms. The molecule has 1 unspecified atom stereocenters. The molecule has 1 aromatic carbocycles. The van der Waals surface area contributed by atoms with E-state index in [2.05, 4.69) is 15.5 Å².